The lowest BCUT2D eigenvalue weighted by Crippen LogP contribution is -2.12. The predicted octanol–water partition coefficient (Wildman–Crippen LogP) is 4.49. The van der Waals surface area contributed by atoms with Crippen molar-refractivity contribution in [3.05, 3.63) is 52.0 Å². The number of thiophene rings is 1. The second kappa shape index (κ2) is 7.79. The zero-order chi connectivity index (χ0) is 16.9. The number of benzene rings is 1. The Morgan fingerprint density at radius 1 is 0.958 bits per heavy atom. The molecular formula is C18H20N2O2S2. The first kappa shape index (κ1) is 17.0. The Morgan fingerprint density at radius 3 is 2.50 bits per heavy atom. The number of rotatable bonds is 7. The van der Waals surface area contributed by atoms with Crippen LogP contribution in [-0.4, -0.2) is 19.2 Å². The molecular weight excluding hydrogens is 340 g/mol. The van der Waals surface area contributed by atoms with E-state index in [-0.39, 0.29) is 0 Å². The third-order valence-electron chi connectivity index (χ3n) is 3.59. The first-order valence-electron chi connectivity index (χ1n) is 7.62. The second-order valence-corrected chi connectivity index (χ2v) is 7.72. The summed E-state index contributed by atoms with van der Waals surface area (Å²) >= 11 is 3.55. The molecule has 0 radical (unpaired) electrons. The Morgan fingerprint density at radius 2 is 1.79 bits per heavy atom. The second-order valence-electron chi connectivity index (χ2n) is 5.32. The molecule has 2 aromatic heterocycles. The Hall–Kier alpha value is -1.89. The largest absolute Gasteiger partial charge is 0.493 e. The number of methoxy groups -OCH3 is 2. The Labute approximate surface area is 150 Å². The minimum absolute atomic E-state index is 0.747. The van der Waals surface area contributed by atoms with E-state index in [1.165, 1.54) is 14.6 Å². The molecule has 0 aliphatic heterocycles. The highest BCUT2D eigenvalue weighted by Gasteiger charge is 2.07. The van der Waals surface area contributed by atoms with E-state index in [9.17, 15) is 0 Å². The molecule has 6 heteroatoms. The number of hydrogen-bond acceptors (Lipinski definition) is 6. The molecule has 3 rings (SSSR count). The first-order chi connectivity index (χ1) is 11.7. The molecule has 0 aliphatic rings. The van der Waals surface area contributed by atoms with Crippen molar-refractivity contribution >= 4 is 22.7 Å². The van der Waals surface area contributed by atoms with Gasteiger partial charge in [0.25, 0.3) is 0 Å². The molecule has 0 saturated carbocycles. The summed E-state index contributed by atoms with van der Waals surface area (Å²) in [6, 6.07) is 10.3. The molecule has 0 unspecified atom stereocenters. The van der Waals surface area contributed by atoms with Crippen molar-refractivity contribution in [2.45, 2.75) is 20.0 Å². The molecule has 0 bridgehead atoms. The standard InChI is InChI=1S/C18H20N2O2S2/c1-12-4-7-16(23-12)17-10-20-18(24-17)11-19-9-13-5-6-14(21-2)15(8-13)22-3/h4-8,10,19H,9,11H2,1-3H3. The van der Waals surface area contributed by atoms with E-state index in [0.717, 1.165) is 35.2 Å². The minimum atomic E-state index is 0.747. The summed E-state index contributed by atoms with van der Waals surface area (Å²) in [5, 5.41) is 4.53. The van der Waals surface area contributed by atoms with E-state index in [2.05, 4.69) is 29.4 Å². The third-order valence-corrected chi connectivity index (χ3v) is 5.78. The van der Waals surface area contributed by atoms with Crippen LogP contribution >= 0.6 is 22.7 Å². The van der Waals surface area contributed by atoms with Gasteiger partial charge in [-0.1, -0.05) is 6.07 Å². The summed E-state index contributed by atoms with van der Waals surface area (Å²) in [7, 11) is 3.29. The van der Waals surface area contributed by atoms with E-state index in [0.29, 0.717) is 0 Å². The molecule has 3 aromatic rings. The van der Waals surface area contributed by atoms with E-state index in [1.807, 2.05) is 24.4 Å². The lowest BCUT2D eigenvalue weighted by atomic mass is 10.2. The van der Waals surface area contributed by atoms with Crippen molar-refractivity contribution in [2.75, 3.05) is 14.2 Å². The van der Waals surface area contributed by atoms with Gasteiger partial charge in [-0.05, 0) is 36.8 Å². The van der Waals surface area contributed by atoms with Crippen molar-refractivity contribution in [1.82, 2.24) is 10.3 Å². The Bertz CT molecular complexity index is 811. The van der Waals surface area contributed by atoms with Crippen LogP contribution in [0.25, 0.3) is 9.75 Å². The van der Waals surface area contributed by atoms with E-state index in [1.54, 1.807) is 36.9 Å². The van der Waals surface area contributed by atoms with Crippen molar-refractivity contribution in [3.8, 4) is 21.3 Å². The number of aromatic nitrogens is 1. The van der Waals surface area contributed by atoms with E-state index >= 15 is 0 Å². The van der Waals surface area contributed by atoms with Crippen LogP contribution in [0.5, 0.6) is 11.5 Å². The van der Waals surface area contributed by atoms with Gasteiger partial charge in [0.2, 0.25) is 0 Å². The summed E-state index contributed by atoms with van der Waals surface area (Å²) in [6.07, 6.45) is 1.96. The fraction of sp³-hybridized carbons (Fsp3) is 0.278. The fourth-order valence-electron chi connectivity index (χ4n) is 2.38. The summed E-state index contributed by atoms with van der Waals surface area (Å²) in [5.74, 6) is 1.50. The molecule has 0 aliphatic carbocycles. The molecule has 1 N–H and O–H groups in total. The SMILES string of the molecule is COc1ccc(CNCc2ncc(-c3ccc(C)s3)s2)cc1OC. The van der Waals surface area contributed by atoms with Gasteiger partial charge in [0.05, 0.1) is 19.1 Å². The average molecular weight is 361 g/mol. The number of ether oxygens (including phenoxy) is 2. The minimum Gasteiger partial charge on any atom is -0.493 e. The van der Waals surface area contributed by atoms with Crippen LogP contribution in [0.4, 0.5) is 0 Å². The monoisotopic (exact) mass is 360 g/mol. The number of aryl methyl sites for hydroxylation is 1. The number of thiazole rings is 1. The van der Waals surface area contributed by atoms with Crippen LogP contribution in [0.3, 0.4) is 0 Å². The van der Waals surface area contributed by atoms with Gasteiger partial charge in [0, 0.05) is 29.0 Å². The zero-order valence-electron chi connectivity index (χ0n) is 14.0. The highest BCUT2D eigenvalue weighted by Crippen LogP contribution is 2.32. The van der Waals surface area contributed by atoms with Crippen LogP contribution in [0, 0.1) is 6.92 Å². The molecule has 24 heavy (non-hydrogen) atoms. The average Bonchev–Trinajstić information content (AvgIpc) is 3.23. The molecule has 0 saturated heterocycles. The van der Waals surface area contributed by atoms with Crippen LogP contribution < -0.4 is 14.8 Å². The van der Waals surface area contributed by atoms with Crippen molar-refractivity contribution in [2.24, 2.45) is 0 Å². The van der Waals surface area contributed by atoms with Crippen LogP contribution in [-0.2, 0) is 13.1 Å². The predicted molar refractivity (Wildman–Crippen MR) is 100 cm³/mol. The van der Waals surface area contributed by atoms with Crippen LogP contribution in [0.2, 0.25) is 0 Å². The molecule has 0 spiro atoms. The smallest absolute Gasteiger partial charge is 0.161 e. The molecule has 0 atom stereocenters. The third kappa shape index (κ3) is 3.95. The van der Waals surface area contributed by atoms with Crippen molar-refractivity contribution in [3.63, 3.8) is 0 Å². The highest BCUT2D eigenvalue weighted by atomic mass is 32.1. The summed E-state index contributed by atoms with van der Waals surface area (Å²) < 4.78 is 10.6. The molecule has 0 amide bonds. The van der Waals surface area contributed by atoms with Gasteiger partial charge < -0.3 is 14.8 Å². The van der Waals surface area contributed by atoms with Crippen LogP contribution in [0.15, 0.2) is 36.5 Å². The lowest BCUT2D eigenvalue weighted by molar-refractivity contribution is 0.354. The molecule has 0 fully saturated rings. The molecule has 2 heterocycles. The summed E-state index contributed by atoms with van der Waals surface area (Å²) in [4.78, 5) is 8.36. The highest BCUT2D eigenvalue weighted by molar-refractivity contribution is 7.21. The van der Waals surface area contributed by atoms with Gasteiger partial charge in [-0.15, -0.1) is 22.7 Å². The maximum absolute atomic E-state index is 5.33. The topological polar surface area (TPSA) is 43.4 Å². The number of nitrogens with one attached hydrogen (secondary N) is 1. The summed E-state index contributed by atoms with van der Waals surface area (Å²) in [5.41, 5.74) is 1.15. The molecule has 1 aromatic carbocycles. The van der Waals surface area contributed by atoms with Gasteiger partial charge in [0.15, 0.2) is 11.5 Å². The maximum atomic E-state index is 5.33. The summed E-state index contributed by atoms with van der Waals surface area (Å²) in [6.45, 7) is 3.64. The van der Waals surface area contributed by atoms with Crippen molar-refractivity contribution in [1.29, 1.82) is 0 Å². The van der Waals surface area contributed by atoms with Gasteiger partial charge in [-0.3, -0.25) is 0 Å². The van der Waals surface area contributed by atoms with Crippen molar-refractivity contribution < 1.29 is 9.47 Å². The van der Waals surface area contributed by atoms with Gasteiger partial charge in [0.1, 0.15) is 5.01 Å². The lowest BCUT2D eigenvalue weighted by Gasteiger charge is -2.09. The molecule has 126 valence electrons. The van der Waals surface area contributed by atoms with E-state index < -0.39 is 0 Å². The maximum Gasteiger partial charge on any atom is 0.161 e. The van der Waals surface area contributed by atoms with Crippen LogP contribution in [0.1, 0.15) is 15.4 Å². The van der Waals surface area contributed by atoms with Gasteiger partial charge in [-0.25, -0.2) is 4.98 Å². The zero-order valence-corrected chi connectivity index (χ0v) is 15.6. The molecule has 4 nitrogen and oxygen atoms in total. The number of hydrogen-bond donors (Lipinski definition) is 1. The quantitative estimate of drug-likeness (QED) is 0.674. The van der Waals surface area contributed by atoms with Gasteiger partial charge in [-0.2, -0.15) is 0 Å². The Balaban J connectivity index is 1.58. The first-order valence-corrected chi connectivity index (χ1v) is 9.26. The normalized spacial score (nSPS) is 10.8. The Kier molecular flexibility index (Phi) is 5.50. The fourth-order valence-corrected chi connectivity index (χ4v) is 4.21. The van der Waals surface area contributed by atoms with Gasteiger partial charge >= 0.3 is 0 Å². The van der Waals surface area contributed by atoms with E-state index in [4.69, 9.17) is 9.47 Å². The number of nitrogens with zero attached hydrogens (tertiary/aromatic N) is 1.